The molecule has 0 aromatic carbocycles. The summed E-state index contributed by atoms with van der Waals surface area (Å²) in [6.07, 6.45) is 5.73. The summed E-state index contributed by atoms with van der Waals surface area (Å²) in [5.41, 5.74) is 0.930. The van der Waals surface area contributed by atoms with E-state index in [1.54, 1.807) is 12.4 Å². The predicted octanol–water partition coefficient (Wildman–Crippen LogP) is 2.83. The van der Waals surface area contributed by atoms with Crippen LogP contribution in [-0.2, 0) is 6.54 Å². The molecule has 1 fully saturated rings. The van der Waals surface area contributed by atoms with E-state index in [9.17, 15) is 0 Å². The summed E-state index contributed by atoms with van der Waals surface area (Å²) >= 11 is 3.31. The summed E-state index contributed by atoms with van der Waals surface area (Å²) in [7, 11) is 0. The van der Waals surface area contributed by atoms with Crippen LogP contribution in [0.2, 0.25) is 0 Å². The van der Waals surface area contributed by atoms with Gasteiger partial charge in [-0.15, -0.1) is 0 Å². The van der Waals surface area contributed by atoms with Crippen LogP contribution in [0, 0.1) is 12.8 Å². The van der Waals surface area contributed by atoms with Crippen molar-refractivity contribution in [2.24, 2.45) is 5.92 Å². The Hall–Kier alpha value is -1.47. The van der Waals surface area contributed by atoms with Gasteiger partial charge in [-0.3, -0.25) is 4.90 Å². The molecule has 1 aliphatic rings. The highest BCUT2D eigenvalue weighted by Gasteiger charge is 2.22. The van der Waals surface area contributed by atoms with Crippen molar-refractivity contribution in [2.45, 2.75) is 26.3 Å². The molecular formula is C15H19BrN4O2. The van der Waals surface area contributed by atoms with E-state index in [-0.39, 0.29) is 0 Å². The topological polar surface area (TPSA) is 64.3 Å². The molecule has 0 aliphatic carbocycles. The van der Waals surface area contributed by atoms with Gasteiger partial charge >= 0.3 is 6.01 Å². The minimum absolute atomic E-state index is 0.436. The number of nitrogens with zero attached hydrogens (tertiary/aromatic N) is 4. The van der Waals surface area contributed by atoms with Crippen molar-refractivity contribution in [1.29, 1.82) is 0 Å². The Morgan fingerprint density at radius 2 is 2.23 bits per heavy atom. The van der Waals surface area contributed by atoms with Crippen molar-refractivity contribution >= 4 is 15.9 Å². The minimum atomic E-state index is 0.436. The molecule has 1 atom stereocenters. The molecule has 0 amide bonds. The van der Waals surface area contributed by atoms with Gasteiger partial charge in [0.2, 0.25) is 0 Å². The predicted molar refractivity (Wildman–Crippen MR) is 84.5 cm³/mol. The highest BCUT2D eigenvalue weighted by Crippen LogP contribution is 2.20. The molecule has 2 aromatic rings. The van der Waals surface area contributed by atoms with Crippen LogP contribution in [-0.4, -0.2) is 39.7 Å². The normalized spacial score (nSPS) is 19.3. The van der Waals surface area contributed by atoms with Gasteiger partial charge in [-0.25, -0.2) is 9.97 Å². The number of aryl methyl sites for hydroxylation is 1. The number of hydrogen-bond acceptors (Lipinski definition) is 6. The SMILES string of the molecule is Cc1cc(CN2CCCC(COc3ncc(Br)cn3)C2)on1. The van der Waals surface area contributed by atoms with Gasteiger partial charge in [0, 0.05) is 30.9 Å². The second-order valence-corrected chi connectivity index (χ2v) is 6.59. The van der Waals surface area contributed by atoms with Crippen molar-refractivity contribution in [3.63, 3.8) is 0 Å². The van der Waals surface area contributed by atoms with Crippen LogP contribution >= 0.6 is 15.9 Å². The van der Waals surface area contributed by atoms with Crippen molar-refractivity contribution in [2.75, 3.05) is 19.7 Å². The second kappa shape index (κ2) is 7.19. The number of piperidine rings is 1. The molecule has 0 spiro atoms. The zero-order valence-corrected chi connectivity index (χ0v) is 14.1. The molecule has 0 N–H and O–H groups in total. The summed E-state index contributed by atoms with van der Waals surface area (Å²) < 4.78 is 11.8. The molecule has 1 aliphatic heterocycles. The minimum Gasteiger partial charge on any atom is -0.463 e. The molecule has 0 saturated carbocycles. The number of rotatable bonds is 5. The molecule has 2 aromatic heterocycles. The number of ether oxygens (including phenoxy) is 1. The van der Waals surface area contributed by atoms with Gasteiger partial charge in [0.05, 0.1) is 23.3 Å². The van der Waals surface area contributed by atoms with Crippen LogP contribution in [0.15, 0.2) is 27.5 Å². The highest BCUT2D eigenvalue weighted by molar-refractivity contribution is 9.10. The van der Waals surface area contributed by atoms with E-state index in [1.807, 2.05) is 13.0 Å². The first kappa shape index (κ1) is 15.4. The maximum absolute atomic E-state index is 5.70. The maximum atomic E-state index is 5.70. The largest absolute Gasteiger partial charge is 0.463 e. The standard InChI is InChI=1S/C15H19BrN4O2/c1-11-5-14(22-19-11)9-20-4-2-3-12(8-20)10-21-15-17-6-13(16)7-18-15/h5-7,12H,2-4,8-10H2,1H3. The van der Waals surface area contributed by atoms with Crippen LogP contribution in [0.25, 0.3) is 0 Å². The third kappa shape index (κ3) is 4.27. The number of likely N-dealkylation sites (tertiary alicyclic amines) is 1. The van der Waals surface area contributed by atoms with Crippen molar-refractivity contribution in [1.82, 2.24) is 20.0 Å². The van der Waals surface area contributed by atoms with Crippen LogP contribution in [0.4, 0.5) is 0 Å². The molecule has 0 radical (unpaired) electrons. The lowest BCUT2D eigenvalue weighted by Gasteiger charge is -2.31. The molecule has 1 unspecified atom stereocenters. The smallest absolute Gasteiger partial charge is 0.316 e. The van der Waals surface area contributed by atoms with E-state index in [0.717, 1.165) is 35.6 Å². The second-order valence-electron chi connectivity index (χ2n) is 5.67. The Bertz CT molecular complexity index is 602. The summed E-state index contributed by atoms with van der Waals surface area (Å²) in [6, 6.07) is 2.43. The van der Waals surface area contributed by atoms with E-state index in [2.05, 4.69) is 36.0 Å². The van der Waals surface area contributed by atoms with E-state index in [0.29, 0.717) is 18.5 Å². The molecular weight excluding hydrogens is 348 g/mol. The summed E-state index contributed by atoms with van der Waals surface area (Å²) in [6.45, 7) is 5.49. The first-order valence-electron chi connectivity index (χ1n) is 7.44. The summed E-state index contributed by atoms with van der Waals surface area (Å²) in [4.78, 5) is 10.7. The third-order valence-corrected chi connectivity index (χ3v) is 4.11. The Morgan fingerprint density at radius 1 is 1.41 bits per heavy atom. The summed E-state index contributed by atoms with van der Waals surface area (Å²) in [5, 5.41) is 3.94. The average molecular weight is 367 g/mol. The van der Waals surface area contributed by atoms with Crippen LogP contribution in [0.5, 0.6) is 6.01 Å². The van der Waals surface area contributed by atoms with Crippen LogP contribution in [0.3, 0.4) is 0 Å². The molecule has 0 bridgehead atoms. The molecule has 1 saturated heterocycles. The van der Waals surface area contributed by atoms with Gasteiger partial charge in [0.1, 0.15) is 0 Å². The Morgan fingerprint density at radius 3 is 2.95 bits per heavy atom. The lowest BCUT2D eigenvalue weighted by Crippen LogP contribution is -2.37. The molecule has 118 valence electrons. The highest BCUT2D eigenvalue weighted by atomic mass is 79.9. The fraction of sp³-hybridized carbons (Fsp3) is 0.533. The van der Waals surface area contributed by atoms with E-state index < -0.39 is 0 Å². The van der Waals surface area contributed by atoms with Gasteiger partial charge in [-0.1, -0.05) is 5.16 Å². The Kier molecular flexibility index (Phi) is 5.04. The zero-order chi connectivity index (χ0) is 15.4. The average Bonchev–Trinajstić information content (AvgIpc) is 2.92. The quantitative estimate of drug-likeness (QED) is 0.810. The maximum Gasteiger partial charge on any atom is 0.316 e. The van der Waals surface area contributed by atoms with Gasteiger partial charge in [-0.2, -0.15) is 0 Å². The van der Waals surface area contributed by atoms with Crippen molar-refractivity contribution in [3.05, 3.63) is 34.4 Å². The van der Waals surface area contributed by atoms with Gasteiger partial charge in [-0.05, 0) is 42.2 Å². The van der Waals surface area contributed by atoms with Crippen molar-refractivity contribution < 1.29 is 9.26 Å². The Balaban J connectivity index is 1.49. The van der Waals surface area contributed by atoms with Gasteiger partial charge in [0.15, 0.2) is 5.76 Å². The first-order valence-corrected chi connectivity index (χ1v) is 8.23. The number of aromatic nitrogens is 3. The van der Waals surface area contributed by atoms with E-state index in [4.69, 9.17) is 9.26 Å². The fourth-order valence-electron chi connectivity index (χ4n) is 2.71. The number of hydrogen-bond donors (Lipinski definition) is 0. The third-order valence-electron chi connectivity index (χ3n) is 3.70. The fourth-order valence-corrected chi connectivity index (χ4v) is 2.91. The summed E-state index contributed by atoms with van der Waals surface area (Å²) in [5.74, 6) is 1.42. The molecule has 3 heterocycles. The van der Waals surface area contributed by atoms with Gasteiger partial charge in [0.25, 0.3) is 0 Å². The van der Waals surface area contributed by atoms with Crippen LogP contribution in [0.1, 0.15) is 24.3 Å². The van der Waals surface area contributed by atoms with E-state index >= 15 is 0 Å². The molecule has 3 rings (SSSR count). The Labute approximate surface area is 138 Å². The monoisotopic (exact) mass is 366 g/mol. The molecule has 6 nitrogen and oxygen atoms in total. The van der Waals surface area contributed by atoms with Crippen LogP contribution < -0.4 is 4.74 Å². The molecule has 22 heavy (non-hydrogen) atoms. The van der Waals surface area contributed by atoms with Crippen molar-refractivity contribution in [3.8, 4) is 6.01 Å². The zero-order valence-electron chi connectivity index (χ0n) is 12.5. The van der Waals surface area contributed by atoms with E-state index in [1.165, 1.54) is 12.8 Å². The number of halogens is 1. The lowest BCUT2D eigenvalue weighted by atomic mass is 9.99. The molecule has 7 heteroatoms. The lowest BCUT2D eigenvalue weighted by molar-refractivity contribution is 0.113. The van der Waals surface area contributed by atoms with Gasteiger partial charge < -0.3 is 9.26 Å². The first-order chi connectivity index (χ1) is 10.7.